The molecule has 0 radical (unpaired) electrons. The maximum Gasteiger partial charge on any atom is 0.273 e. The highest BCUT2D eigenvalue weighted by Crippen LogP contribution is 2.43. The molecule has 1 atom stereocenters. The van der Waals surface area contributed by atoms with Crippen molar-refractivity contribution >= 4 is 5.91 Å². The number of ether oxygens (including phenoxy) is 1. The largest absolute Gasteiger partial charge is 0.494 e. The molecular weight excluding hydrogens is 386 g/mol. The number of fused-ring (bicyclic) bond motifs is 1. The van der Waals surface area contributed by atoms with Gasteiger partial charge in [-0.15, -0.1) is 0 Å². The van der Waals surface area contributed by atoms with E-state index < -0.39 is 0 Å². The summed E-state index contributed by atoms with van der Waals surface area (Å²) in [4.78, 5) is 15.3. The van der Waals surface area contributed by atoms with Gasteiger partial charge >= 0.3 is 0 Å². The van der Waals surface area contributed by atoms with Crippen LogP contribution in [0.2, 0.25) is 0 Å². The van der Waals surface area contributed by atoms with E-state index in [0.717, 1.165) is 60.4 Å². The van der Waals surface area contributed by atoms with Gasteiger partial charge in [-0.05, 0) is 37.5 Å². The van der Waals surface area contributed by atoms with E-state index in [1.165, 1.54) is 5.56 Å². The Labute approximate surface area is 184 Å². The Balaban J connectivity index is 1.78. The average molecular weight is 418 g/mol. The fourth-order valence-electron chi connectivity index (χ4n) is 4.23. The number of aromatic amines is 1. The van der Waals surface area contributed by atoms with Crippen molar-refractivity contribution in [1.82, 2.24) is 15.1 Å². The van der Waals surface area contributed by atoms with Gasteiger partial charge in [0.2, 0.25) is 0 Å². The number of H-pyrrole nitrogens is 1. The van der Waals surface area contributed by atoms with Crippen molar-refractivity contribution in [2.24, 2.45) is 0 Å². The average Bonchev–Trinajstić information content (AvgIpc) is 3.32. The lowest BCUT2D eigenvalue weighted by molar-refractivity contribution is 0.0740. The molecule has 1 aromatic heterocycles. The van der Waals surface area contributed by atoms with E-state index in [4.69, 9.17) is 4.74 Å². The highest BCUT2D eigenvalue weighted by molar-refractivity contribution is 6.00. The highest BCUT2D eigenvalue weighted by atomic mass is 16.5. The lowest BCUT2D eigenvalue weighted by Crippen LogP contribution is -2.30. The fourth-order valence-corrected chi connectivity index (χ4v) is 4.23. The number of rotatable bonds is 9. The molecule has 0 aliphatic carbocycles. The Kier molecular flexibility index (Phi) is 6.40. The Morgan fingerprint density at radius 1 is 1.06 bits per heavy atom. The van der Waals surface area contributed by atoms with Gasteiger partial charge in [-0.3, -0.25) is 9.89 Å². The number of nitrogens with one attached hydrogen (secondary N) is 1. The summed E-state index contributed by atoms with van der Waals surface area (Å²) in [6.07, 6.45) is 4.17. The van der Waals surface area contributed by atoms with Crippen molar-refractivity contribution in [1.29, 1.82) is 0 Å². The van der Waals surface area contributed by atoms with E-state index in [1.54, 1.807) is 0 Å². The minimum atomic E-state index is -0.167. The Morgan fingerprint density at radius 3 is 2.61 bits per heavy atom. The van der Waals surface area contributed by atoms with Crippen LogP contribution in [0.4, 0.5) is 0 Å². The van der Waals surface area contributed by atoms with Gasteiger partial charge in [0.1, 0.15) is 11.4 Å². The summed E-state index contributed by atoms with van der Waals surface area (Å²) in [5.74, 6) is 0.871. The Morgan fingerprint density at radius 2 is 1.87 bits per heavy atom. The first-order valence-corrected chi connectivity index (χ1v) is 11.3. The lowest BCUT2D eigenvalue weighted by atomic mass is 9.95. The second-order valence-corrected chi connectivity index (χ2v) is 8.26. The Bertz CT molecular complexity index is 1040. The van der Waals surface area contributed by atoms with Gasteiger partial charge in [0.05, 0.1) is 18.3 Å². The van der Waals surface area contributed by atoms with Gasteiger partial charge in [0, 0.05) is 17.7 Å². The number of aromatic nitrogens is 2. The fraction of sp³-hybridized carbons (Fsp3) is 0.385. The van der Waals surface area contributed by atoms with Crippen LogP contribution < -0.4 is 4.74 Å². The number of carbonyl (C=O) groups excluding carboxylic acids is 1. The van der Waals surface area contributed by atoms with Crippen molar-refractivity contribution in [3.63, 3.8) is 0 Å². The maximum atomic E-state index is 13.4. The van der Waals surface area contributed by atoms with Gasteiger partial charge in [0.25, 0.3) is 5.91 Å². The minimum Gasteiger partial charge on any atom is -0.494 e. The van der Waals surface area contributed by atoms with Crippen LogP contribution in [-0.2, 0) is 0 Å². The summed E-state index contributed by atoms with van der Waals surface area (Å²) in [7, 11) is 0. The Hall–Kier alpha value is -3.08. The smallest absolute Gasteiger partial charge is 0.273 e. The predicted octanol–water partition coefficient (Wildman–Crippen LogP) is 5.91. The molecule has 3 aromatic rings. The number of hydrogen-bond donors (Lipinski definition) is 1. The van der Waals surface area contributed by atoms with Gasteiger partial charge < -0.3 is 9.64 Å². The first kappa shape index (κ1) is 21.2. The van der Waals surface area contributed by atoms with Gasteiger partial charge in [0.15, 0.2) is 0 Å². The van der Waals surface area contributed by atoms with Crippen LogP contribution in [0.3, 0.4) is 0 Å². The molecule has 162 valence electrons. The first-order valence-electron chi connectivity index (χ1n) is 11.3. The molecule has 2 heterocycles. The number of aryl methyl sites for hydroxylation is 1. The first-order chi connectivity index (χ1) is 15.1. The van der Waals surface area contributed by atoms with Crippen LogP contribution in [0.5, 0.6) is 5.75 Å². The minimum absolute atomic E-state index is 0.0295. The molecule has 2 aromatic carbocycles. The summed E-state index contributed by atoms with van der Waals surface area (Å²) >= 11 is 0. The molecular formula is C26H31N3O2. The van der Waals surface area contributed by atoms with Gasteiger partial charge in [-0.2, -0.15) is 5.10 Å². The molecule has 5 heteroatoms. The third-order valence-corrected chi connectivity index (χ3v) is 5.84. The van der Waals surface area contributed by atoms with Crippen LogP contribution >= 0.6 is 0 Å². The molecule has 1 unspecified atom stereocenters. The van der Waals surface area contributed by atoms with E-state index in [9.17, 15) is 4.79 Å². The van der Waals surface area contributed by atoms with Crippen molar-refractivity contribution in [3.8, 4) is 17.0 Å². The molecule has 1 amide bonds. The SMILES string of the molecule is CCCCCN1C(=O)c2[nH]nc(-c3ccc(C)cc3)c2C1c1cccc(OCCC)c1. The van der Waals surface area contributed by atoms with Crippen LogP contribution in [0.15, 0.2) is 48.5 Å². The van der Waals surface area contributed by atoms with E-state index in [2.05, 4.69) is 67.4 Å². The van der Waals surface area contributed by atoms with Crippen molar-refractivity contribution in [2.45, 2.75) is 52.5 Å². The summed E-state index contributed by atoms with van der Waals surface area (Å²) in [6, 6.07) is 16.3. The van der Waals surface area contributed by atoms with Crippen molar-refractivity contribution in [3.05, 3.63) is 70.9 Å². The van der Waals surface area contributed by atoms with Crippen LogP contribution in [0, 0.1) is 6.92 Å². The second-order valence-electron chi connectivity index (χ2n) is 8.26. The zero-order valence-corrected chi connectivity index (χ0v) is 18.6. The van der Waals surface area contributed by atoms with Crippen molar-refractivity contribution < 1.29 is 9.53 Å². The quantitative estimate of drug-likeness (QED) is 0.440. The molecule has 0 saturated carbocycles. The lowest BCUT2D eigenvalue weighted by Gasteiger charge is -2.26. The maximum absolute atomic E-state index is 13.4. The molecule has 1 aliphatic rings. The molecule has 0 fully saturated rings. The monoisotopic (exact) mass is 417 g/mol. The topological polar surface area (TPSA) is 58.2 Å². The highest BCUT2D eigenvalue weighted by Gasteiger charge is 2.41. The zero-order chi connectivity index (χ0) is 21.8. The number of amides is 1. The van der Waals surface area contributed by atoms with Crippen LogP contribution in [0.25, 0.3) is 11.3 Å². The van der Waals surface area contributed by atoms with Crippen molar-refractivity contribution in [2.75, 3.05) is 13.2 Å². The molecule has 0 saturated heterocycles. The normalized spacial score (nSPS) is 15.4. The second kappa shape index (κ2) is 9.38. The molecule has 4 rings (SSSR count). The summed E-state index contributed by atoms with van der Waals surface area (Å²) < 4.78 is 5.89. The summed E-state index contributed by atoms with van der Waals surface area (Å²) in [6.45, 7) is 7.76. The molecule has 0 bridgehead atoms. The number of unbranched alkanes of at least 4 members (excludes halogenated alkanes) is 2. The standard InChI is InChI=1S/C26H31N3O2/c1-4-6-7-15-29-25(20-9-8-10-21(17-20)31-16-5-2)22-23(27-28-24(22)26(29)30)19-13-11-18(3)12-14-19/h8-14,17,25H,4-7,15-16H2,1-3H3,(H,27,28). The predicted molar refractivity (Wildman–Crippen MR) is 123 cm³/mol. The third-order valence-electron chi connectivity index (χ3n) is 5.84. The summed E-state index contributed by atoms with van der Waals surface area (Å²) in [5, 5.41) is 7.61. The molecule has 0 spiro atoms. The summed E-state index contributed by atoms with van der Waals surface area (Å²) in [5.41, 5.74) is 5.72. The van der Waals surface area contributed by atoms with Crippen LogP contribution in [0.1, 0.15) is 72.8 Å². The molecule has 5 nitrogen and oxygen atoms in total. The third kappa shape index (κ3) is 4.22. The number of carbonyl (C=O) groups is 1. The molecule has 1 N–H and O–H groups in total. The molecule has 1 aliphatic heterocycles. The number of benzene rings is 2. The zero-order valence-electron chi connectivity index (χ0n) is 18.6. The van der Waals surface area contributed by atoms with E-state index in [0.29, 0.717) is 12.3 Å². The van der Waals surface area contributed by atoms with Gasteiger partial charge in [-0.1, -0.05) is 68.7 Å². The number of nitrogens with zero attached hydrogens (tertiary/aromatic N) is 2. The van der Waals surface area contributed by atoms with Crippen LogP contribution in [-0.4, -0.2) is 34.2 Å². The van der Waals surface area contributed by atoms with E-state index in [-0.39, 0.29) is 11.9 Å². The number of hydrogen-bond acceptors (Lipinski definition) is 3. The van der Waals surface area contributed by atoms with Gasteiger partial charge in [-0.25, -0.2) is 0 Å². The van der Waals surface area contributed by atoms with E-state index >= 15 is 0 Å². The molecule has 31 heavy (non-hydrogen) atoms. The van der Waals surface area contributed by atoms with E-state index in [1.807, 2.05) is 17.0 Å².